The minimum Gasteiger partial charge on any atom is -0.462 e. The van der Waals surface area contributed by atoms with Gasteiger partial charge < -0.3 is 48.1 Å². The lowest BCUT2D eigenvalue weighted by atomic mass is 9.51. The van der Waals surface area contributed by atoms with Gasteiger partial charge in [-0.05, 0) is 98.0 Å². The average molecular weight is 983 g/mol. The third-order valence-corrected chi connectivity index (χ3v) is 17.4. The van der Waals surface area contributed by atoms with Gasteiger partial charge in [0.15, 0.2) is 11.7 Å². The van der Waals surface area contributed by atoms with E-state index in [4.69, 9.17) is 37.9 Å². The SMILES string of the molecule is C=C(C)[C@]12C[C@@H](COC(=O)c3ccccc3)[C@@]34OC5(O[C@@H]1[C@@H]3[C@@H]1O[C@]1(COC(=O)c1ccccc1)[C@@H](O)[C@@]1(O)[C@H]4[C@H]([C@H](C)[C@@H]1OC(=O)c1ccccc1)[C@H](C)CCCCCC[C@H]5OC(=O)c1ccccc1)O2. The quantitative estimate of drug-likeness (QED) is 0.0636. The molecule has 16 atom stereocenters. The molecule has 2 spiro atoms. The van der Waals surface area contributed by atoms with E-state index < -0.39 is 119 Å². The second-order valence-electron chi connectivity index (χ2n) is 21.3. The zero-order valence-electron chi connectivity index (χ0n) is 40.8. The van der Waals surface area contributed by atoms with Crippen LogP contribution in [0.15, 0.2) is 133 Å². The molecule has 3 aliphatic carbocycles. The third-order valence-electron chi connectivity index (χ3n) is 17.4. The van der Waals surface area contributed by atoms with Gasteiger partial charge in [-0.3, -0.25) is 0 Å². The molecule has 7 fully saturated rings. The van der Waals surface area contributed by atoms with Crippen LogP contribution in [0.4, 0.5) is 0 Å². The molecule has 4 aromatic carbocycles. The van der Waals surface area contributed by atoms with Crippen molar-refractivity contribution in [2.45, 2.75) is 125 Å². The fraction of sp³-hybridized carbons (Fsp3) is 0.483. The van der Waals surface area contributed by atoms with Crippen molar-refractivity contribution < 1.29 is 67.3 Å². The number of epoxide rings is 1. The van der Waals surface area contributed by atoms with Crippen LogP contribution in [0, 0.1) is 35.5 Å². The van der Waals surface area contributed by atoms with Gasteiger partial charge in [0.25, 0.3) is 0 Å². The van der Waals surface area contributed by atoms with Gasteiger partial charge in [0.2, 0.25) is 0 Å². The van der Waals surface area contributed by atoms with E-state index in [1.807, 2.05) is 13.8 Å². The van der Waals surface area contributed by atoms with Crippen LogP contribution in [0.2, 0.25) is 0 Å². The Morgan fingerprint density at radius 3 is 1.76 bits per heavy atom. The molecule has 14 nitrogen and oxygen atoms in total. The maximum atomic E-state index is 14.5. The average Bonchev–Trinajstić information content (AvgIpc) is 4.02. The molecule has 4 aliphatic heterocycles. The maximum Gasteiger partial charge on any atom is 0.338 e. The largest absolute Gasteiger partial charge is 0.462 e. The van der Waals surface area contributed by atoms with Crippen molar-refractivity contribution in [1.29, 1.82) is 0 Å². The Balaban J connectivity index is 1.14. The number of benzene rings is 4. The molecule has 0 radical (unpaired) electrons. The number of aliphatic hydroxyl groups is 2. The Hall–Kier alpha value is -5.74. The number of fused-ring (bicyclic) bond motifs is 1. The highest BCUT2D eigenvalue weighted by Gasteiger charge is 2.91. The molecular weight excluding hydrogens is 921 g/mol. The smallest absolute Gasteiger partial charge is 0.338 e. The summed E-state index contributed by atoms with van der Waals surface area (Å²) in [4.78, 5) is 56.9. The van der Waals surface area contributed by atoms with Gasteiger partial charge in [-0.25, -0.2) is 19.2 Å². The van der Waals surface area contributed by atoms with E-state index in [9.17, 15) is 29.4 Å². The standard InChI is InChI=1S/C58H62O14/c1-34(2)54-31-41(32-65-49(59)37-22-12-7-13-23-37)57-44-47(54)70-58(71-54,72-57)42(67-51(61)39-26-16-9-17-27-39)30-20-6-5-11-21-35(3)43-36(4)46(68-52(62)40-28-18-10-19-29-40)56(64,45(43)57)53(63)55(48(44)69-55)33-66-50(60)38-24-14-8-15-25-38/h7-10,12-19,22-29,35-36,41-48,53,63-64H,1,5-6,11,20-21,30-33H2,2-4H3/t35-,36+,41+,42-,43+,44-,45-,46+,47-,48+,53-,54-,55+,56-,57-,58?/m1/s1. The topological polar surface area (TPSA) is 186 Å². The molecule has 2 N–H and O–H groups in total. The molecule has 11 rings (SSSR count). The van der Waals surface area contributed by atoms with Crippen molar-refractivity contribution in [2.24, 2.45) is 35.5 Å². The molecule has 0 amide bonds. The molecule has 378 valence electrons. The molecule has 3 bridgehead atoms. The Bertz CT molecular complexity index is 2700. The van der Waals surface area contributed by atoms with E-state index in [1.54, 1.807) is 121 Å². The number of esters is 4. The van der Waals surface area contributed by atoms with Gasteiger partial charge >= 0.3 is 29.9 Å². The zero-order chi connectivity index (χ0) is 50.2. The van der Waals surface area contributed by atoms with Crippen LogP contribution in [0.1, 0.15) is 107 Å². The molecule has 4 heterocycles. The summed E-state index contributed by atoms with van der Waals surface area (Å²) in [5.74, 6) is -9.17. The lowest BCUT2D eigenvalue weighted by Crippen LogP contribution is -2.75. The van der Waals surface area contributed by atoms with Crippen molar-refractivity contribution in [3.8, 4) is 0 Å². The molecule has 14 heteroatoms. The Kier molecular flexibility index (Phi) is 12.4. The molecular formula is C58H62O14. The monoisotopic (exact) mass is 982 g/mol. The van der Waals surface area contributed by atoms with Crippen LogP contribution < -0.4 is 0 Å². The zero-order valence-corrected chi connectivity index (χ0v) is 40.8. The second-order valence-corrected chi connectivity index (χ2v) is 21.3. The van der Waals surface area contributed by atoms with Gasteiger partial charge in [0.1, 0.15) is 42.2 Å². The van der Waals surface area contributed by atoms with E-state index in [2.05, 4.69) is 13.5 Å². The lowest BCUT2D eigenvalue weighted by molar-refractivity contribution is -0.458. The summed E-state index contributed by atoms with van der Waals surface area (Å²) in [7, 11) is 0. The Labute approximate surface area is 418 Å². The van der Waals surface area contributed by atoms with Crippen LogP contribution in [0.25, 0.3) is 0 Å². The van der Waals surface area contributed by atoms with Crippen LogP contribution >= 0.6 is 0 Å². The number of carbonyl (C=O) groups excluding carboxylic acids is 4. The van der Waals surface area contributed by atoms with Gasteiger partial charge in [0.05, 0.1) is 34.5 Å². The predicted octanol–water partition coefficient (Wildman–Crippen LogP) is 8.06. The van der Waals surface area contributed by atoms with Gasteiger partial charge in [-0.2, -0.15) is 0 Å². The highest BCUT2D eigenvalue weighted by atomic mass is 16.9. The molecule has 72 heavy (non-hydrogen) atoms. The summed E-state index contributed by atoms with van der Waals surface area (Å²) in [5, 5.41) is 28.1. The fourth-order valence-electron chi connectivity index (χ4n) is 14.1. The summed E-state index contributed by atoms with van der Waals surface area (Å²) >= 11 is 0. The minimum atomic E-state index is -2.43. The summed E-state index contributed by atoms with van der Waals surface area (Å²) in [5.41, 5.74) is -5.76. The number of carbonyl (C=O) groups is 4. The highest BCUT2D eigenvalue weighted by molar-refractivity contribution is 5.91. The van der Waals surface area contributed by atoms with Gasteiger partial charge in [-0.15, -0.1) is 0 Å². The number of ether oxygens (including phenoxy) is 8. The van der Waals surface area contributed by atoms with Gasteiger partial charge in [0, 0.05) is 17.8 Å². The normalized spacial score (nSPS) is 39.1. The van der Waals surface area contributed by atoms with Crippen molar-refractivity contribution in [1.82, 2.24) is 0 Å². The first-order valence-electron chi connectivity index (χ1n) is 25.5. The van der Waals surface area contributed by atoms with Crippen LogP contribution in [-0.2, 0) is 37.9 Å². The first-order chi connectivity index (χ1) is 34.7. The Morgan fingerprint density at radius 1 is 0.667 bits per heavy atom. The lowest BCUT2D eigenvalue weighted by Gasteiger charge is -2.62. The Morgan fingerprint density at radius 2 is 1.19 bits per heavy atom. The van der Waals surface area contributed by atoms with E-state index in [0.717, 1.165) is 19.3 Å². The van der Waals surface area contributed by atoms with Crippen molar-refractivity contribution in [2.75, 3.05) is 13.2 Å². The summed E-state index contributed by atoms with van der Waals surface area (Å²) < 4.78 is 55.1. The molecule has 0 aromatic heterocycles. The highest BCUT2D eigenvalue weighted by Crippen LogP contribution is 2.76. The molecule has 1 unspecified atom stereocenters. The summed E-state index contributed by atoms with van der Waals surface area (Å²) in [6, 6.07) is 34.1. The minimum absolute atomic E-state index is 0.0853. The predicted molar refractivity (Wildman–Crippen MR) is 258 cm³/mol. The first kappa shape index (κ1) is 48.5. The molecule has 4 aromatic rings. The van der Waals surface area contributed by atoms with E-state index in [0.29, 0.717) is 29.5 Å². The van der Waals surface area contributed by atoms with Crippen molar-refractivity contribution >= 4 is 23.9 Å². The molecule has 7 aliphatic rings. The fourth-order valence-corrected chi connectivity index (χ4v) is 14.1. The first-order valence-corrected chi connectivity index (χ1v) is 25.5. The van der Waals surface area contributed by atoms with E-state index in [-0.39, 0.29) is 36.5 Å². The molecule has 4 saturated heterocycles. The van der Waals surface area contributed by atoms with Crippen LogP contribution in [0.3, 0.4) is 0 Å². The summed E-state index contributed by atoms with van der Waals surface area (Å²) in [6.45, 7) is 9.60. The number of hydrogen-bond acceptors (Lipinski definition) is 14. The van der Waals surface area contributed by atoms with Crippen molar-refractivity contribution in [3.05, 3.63) is 156 Å². The second kappa shape index (κ2) is 18.3. The van der Waals surface area contributed by atoms with Crippen LogP contribution in [-0.4, -0.2) is 106 Å². The number of aliphatic hydroxyl groups excluding tert-OH is 1. The van der Waals surface area contributed by atoms with Gasteiger partial charge in [-0.1, -0.05) is 119 Å². The summed E-state index contributed by atoms with van der Waals surface area (Å²) in [6.07, 6.45) is -2.47. The number of hydrogen-bond donors (Lipinski definition) is 2. The van der Waals surface area contributed by atoms with E-state index >= 15 is 0 Å². The molecule has 3 saturated carbocycles. The number of rotatable bonds is 11. The van der Waals surface area contributed by atoms with E-state index in [1.165, 1.54) is 0 Å². The van der Waals surface area contributed by atoms with Crippen LogP contribution in [0.5, 0.6) is 0 Å². The third kappa shape index (κ3) is 7.49. The van der Waals surface area contributed by atoms with Crippen molar-refractivity contribution in [3.63, 3.8) is 0 Å². The maximum absolute atomic E-state index is 14.5.